The maximum atomic E-state index is 11.5. The van der Waals surface area contributed by atoms with E-state index in [0.717, 1.165) is 12.8 Å². The molecule has 2 rings (SSSR count). The fourth-order valence-corrected chi connectivity index (χ4v) is 1.60. The van der Waals surface area contributed by atoms with Crippen LogP contribution in [0.3, 0.4) is 0 Å². The Morgan fingerprint density at radius 2 is 1.86 bits per heavy atom. The minimum atomic E-state index is -0.778. The van der Waals surface area contributed by atoms with Crippen LogP contribution in [0, 0.1) is 0 Å². The number of carbonyl (C=O) groups excluding carboxylic acids is 1. The van der Waals surface area contributed by atoms with E-state index in [-0.39, 0.29) is 19.0 Å². The normalized spacial score (nSPS) is 32.3. The Labute approximate surface area is 82.7 Å². The van der Waals surface area contributed by atoms with Gasteiger partial charge in [-0.3, -0.25) is 4.79 Å². The molecule has 1 heterocycles. The first-order valence-corrected chi connectivity index (χ1v) is 5.04. The molecule has 3 N–H and O–H groups in total. The highest BCUT2D eigenvalue weighted by Gasteiger charge is 2.32. The van der Waals surface area contributed by atoms with Crippen molar-refractivity contribution in [1.29, 1.82) is 0 Å². The molecule has 0 aromatic carbocycles. The smallest absolute Gasteiger partial charge is 0.236 e. The topological polar surface area (TPSA) is 72.8 Å². The van der Waals surface area contributed by atoms with Gasteiger partial charge in [0.15, 0.2) is 0 Å². The predicted octanol–water partition coefficient (Wildman–Crippen LogP) is -1.70. The lowest BCUT2D eigenvalue weighted by Gasteiger charge is -2.15. The zero-order valence-corrected chi connectivity index (χ0v) is 8.02. The lowest BCUT2D eigenvalue weighted by Crippen LogP contribution is -2.38. The largest absolute Gasteiger partial charge is 0.388 e. The van der Waals surface area contributed by atoms with Crippen LogP contribution >= 0.6 is 0 Å². The Hall–Kier alpha value is -0.650. The second-order valence-corrected chi connectivity index (χ2v) is 4.09. The Bertz CT molecular complexity index is 220. The van der Waals surface area contributed by atoms with Gasteiger partial charge in [0.05, 0.1) is 18.8 Å². The first-order chi connectivity index (χ1) is 6.66. The van der Waals surface area contributed by atoms with Gasteiger partial charge in [0.2, 0.25) is 5.91 Å². The number of aliphatic hydroxyl groups is 2. The average Bonchev–Trinajstić information content (AvgIpc) is 2.91. The van der Waals surface area contributed by atoms with Crippen molar-refractivity contribution >= 4 is 5.91 Å². The molecule has 0 aromatic heterocycles. The number of rotatable bonds is 3. The number of hydrogen-bond acceptors (Lipinski definition) is 4. The summed E-state index contributed by atoms with van der Waals surface area (Å²) >= 11 is 0. The molecule has 0 unspecified atom stereocenters. The SMILES string of the molecule is O=C(CNC1CC1)N1C[C@@H](O)[C@@H](O)C1. The highest BCUT2D eigenvalue weighted by molar-refractivity contribution is 5.78. The lowest BCUT2D eigenvalue weighted by atomic mass is 10.3. The first-order valence-electron chi connectivity index (χ1n) is 5.04. The van der Waals surface area contributed by atoms with Crippen molar-refractivity contribution in [3.8, 4) is 0 Å². The van der Waals surface area contributed by atoms with Crippen LogP contribution in [0.4, 0.5) is 0 Å². The molecule has 1 saturated carbocycles. The third-order valence-corrected chi connectivity index (χ3v) is 2.73. The molecule has 0 bridgehead atoms. The summed E-state index contributed by atoms with van der Waals surface area (Å²) in [6.07, 6.45) is 0.747. The van der Waals surface area contributed by atoms with E-state index < -0.39 is 12.2 Å². The molecule has 5 nitrogen and oxygen atoms in total. The molecule has 2 atom stereocenters. The van der Waals surface area contributed by atoms with Gasteiger partial charge in [-0.15, -0.1) is 0 Å². The van der Waals surface area contributed by atoms with Crippen LogP contribution < -0.4 is 5.32 Å². The fraction of sp³-hybridized carbons (Fsp3) is 0.889. The standard InChI is InChI=1S/C9H16N2O3/c12-7-4-11(5-8(7)13)9(14)3-10-6-1-2-6/h6-8,10,12-13H,1-5H2/t7-,8+. The fourth-order valence-electron chi connectivity index (χ4n) is 1.60. The van der Waals surface area contributed by atoms with Gasteiger partial charge in [0.1, 0.15) is 0 Å². The van der Waals surface area contributed by atoms with E-state index >= 15 is 0 Å². The van der Waals surface area contributed by atoms with E-state index in [4.69, 9.17) is 0 Å². The number of carbonyl (C=O) groups is 1. The van der Waals surface area contributed by atoms with E-state index in [1.165, 1.54) is 4.90 Å². The monoisotopic (exact) mass is 200 g/mol. The molecule has 0 aromatic rings. The number of nitrogens with zero attached hydrogens (tertiary/aromatic N) is 1. The molecular weight excluding hydrogens is 184 g/mol. The van der Waals surface area contributed by atoms with E-state index in [9.17, 15) is 15.0 Å². The summed E-state index contributed by atoms with van der Waals surface area (Å²) in [6.45, 7) is 0.836. The molecule has 1 saturated heterocycles. The summed E-state index contributed by atoms with van der Waals surface area (Å²) in [6, 6.07) is 0.511. The van der Waals surface area contributed by atoms with Crippen LogP contribution in [0.25, 0.3) is 0 Å². The van der Waals surface area contributed by atoms with Gasteiger partial charge in [0, 0.05) is 19.1 Å². The minimum Gasteiger partial charge on any atom is -0.388 e. The predicted molar refractivity (Wildman–Crippen MR) is 49.6 cm³/mol. The molecule has 1 amide bonds. The van der Waals surface area contributed by atoms with Crippen molar-refractivity contribution in [2.45, 2.75) is 31.1 Å². The van der Waals surface area contributed by atoms with Crippen LogP contribution in [0.5, 0.6) is 0 Å². The Morgan fingerprint density at radius 1 is 1.29 bits per heavy atom. The molecule has 2 aliphatic rings. The number of aliphatic hydroxyl groups excluding tert-OH is 2. The van der Waals surface area contributed by atoms with Gasteiger partial charge in [-0.1, -0.05) is 0 Å². The molecule has 2 fully saturated rings. The van der Waals surface area contributed by atoms with Crippen molar-refractivity contribution in [3.63, 3.8) is 0 Å². The van der Waals surface area contributed by atoms with Crippen LogP contribution in [-0.2, 0) is 4.79 Å². The van der Waals surface area contributed by atoms with Crippen molar-refractivity contribution < 1.29 is 15.0 Å². The molecule has 0 radical (unpaired) electrons. The van der Waals surface area contributed by atoms with E-state index in [0.29, 0.717) is 12.6 Å². The van der Waals surface area contributed by atoms with Gasteiger partial charge in [-0.05, 0) is 12.8 Å². The average molecular weight is 200 g/mol. The first kappa shape index (κ1) is 9.89. The number of amides is 1. The molecule has 1 aliphatic carbocycles. The quantitative estimate of drug-likeness (QED) is 0.508. The minimum absolute atomic E-state index is 0.0347. The van der Waals surface area contributed by atoms with Gasteiger partial charge >= 0.3 is 0 Å². The highest BCUT2D eigenvalue weighted by atomic mass is 16.3. The van der Waals surface area contributed by atoms with Crippen molar-refractivity contribution in [2.24, 2.45) is 0 Å². The van der Waals surface area contributed by atoms with Gasteiger partial charge < -0.3 is 20.4 Å². The molecule has 14 heavy (non-hydrogen) atoms. The van der Waals surface area contributed by atoms with Crippen LogP contribution in [0.2, 0.25) is 0 Å². The third kappa shape index (κ3) is 2.23. The summed E-state index contributed by atoms with van der Waals surface area (Å²) in [7, 11) is 0. The summed E-state index contributed by atoms with van der Waals surface area (Å²) < 4.78 is 0. The van der Waals surface area contributed by atoms with E-state index in [1.54, 1.807) is 0 Å². The van der Waals surface area contributed by atoms with Gasteiger partial charge in [0.25, 0.3) is 0 Å². The zero-order valence-electron chi connectivity index (χ0n) is 8.02. The van der Waals surface area contributed by atoms with Crippen LogP contribution in [-0.4, -0.2) is 58.9 Å². The number of nitrogens with one attached hydrogen (secondary N) is 1. The van der Waals surface area contributed by atoms with Gasteiger partial charge in [-0.2, -0.15) is 0 Å². The Balaban J connectivity index is 1.74. The molecule has 1 aliphatic heterocycles. The van der Waals surface area contributed by atoms with Crippen molar-refractivity contribution in [1.82, 2.24) is 10.2 Å². The summed E-state index contributed by atoms with van der Waals surface area (Å²) in [4.78, 5) is 13.0. The molecule has 0 spiro atoms. The summed E-state index contributed by atoms with van der Waals surface area (Å²) in [5.41, 5.74) is 0. The molecular formula is C9H16N2O3. The van der Waals surface area contributed by atoms with Gasteiger partial charge in [-0.25, -0.2) is 0 Å². The number of likely N-dealkylation sites (tertiary alicyclic amines) is 1. The van der Waals surface area contributed by atoms with Crippen LogP contribution in [0.1, 0.15) is 12.8 Å². The Kier molecular flexibility index (Phi) is 2.71. The van der Waals surface area contributed by atoms with Crippen molar-refractivity contribution in [2.75, 3.05) is 19.6 Å². The molecule has 5 heteroatoms. The summed E-state index contributed by atoms with van der Waals surface area (Å²) in [5.74, 6) is -0.0347. The van der Waals surface area contributed by atoms with Crippen molar-refractivity contribution in [3.05, 3.63) is 0 Å². The van der Waals surface area contributed by atoms with Crippen LogP contribution in [0.15, 0.2) is 0 Å². The second kappa shape index (κ2) is 3.84. The number of hydrogen-bond donors (Lipinski definition) is 3. The maximum Gasteiger partial charge on any atom is 0.236 e. The van der Waals surface area contributed by atoms with E-state index in [2.05, 4.69) is 5.32 Å². The zero-order chi connectivity index (χ0) is 10.1. The summed E-state index contributed by atoms with van der Waals surface area (Å²) in [5, 5.41) is 21.6. The Morgan fingerprint density at radius 3 is 2.36 bits per heavy atom. The number of β-amino-alcohol motifs (C(OH)–C–C–N with tert-alkyl or cyclic N) is 2. The highest BCUT2D eigenvalue weighted by Crippen LogP contribution is 2.18. The van der Waals surface area contributed by atoms with E-state index in [1.807, 2.05) is 0 Å². The maximum absolute atomic E-state index is 11.5. The lowest BCUT2D eigenvalue weighted by molar-refractivity contribution is -0.129. The second-order valence-electron chi connectivity index (χ2n) is 4.09. The third-order valence-electron chi connectivity index (χ3n) is 2.73. The molecule has 80 valence electrons.